The second kappa shape index (κ2) is 17.1. The number of carbonyl (C=O) groups excluding carboxylic acids is 1. The summed E-state index contributed by atoms with van der Waals surface area (Å²) >= 11 is 0. The van der Waals surface area contributed by atoms with Gasteiger partial charge in [0.1, 0.15) is 6.54 Å². The van der Waals surface area contributed by atoms with Gasteiger partial charge in [0.15, 0.2) is 6.61 Å². The van der Waals surface area contributed by atoms with E-state index in [4.69, 9.17) is 21.3 Å². The van der Waals surface area contributed by atoms with E-state index in [1.165, 1.54) is 64.2 Å². The Kier molecular flexibility index (Phi) is 14.7. The van der Waals surface area contributed by atoms with Gasteiger partial charge in [0, 0.05) is 21.1 Å². The third-order valence-corrected chi connectivity index (χ3v) is 12.9. The average Bonchev–Trinajstić information content (AvgIpc) is 3.34. The fourth-order valence-electron chi connectivity index (χ4n) is 10.4. The van der Waals surface area contributed by atoms with Gasteiger partial charge in [-0.1, -0.05) is 91.2 Å². The summed E-state index contributed by atoms with van der Waals surface area (Å²) in [4.78, 5) is 20.6. The standard InChI is InChI=1S/C31H51NO4.C6H12N2.Pt/c1-20(2)7-6-8-21(3)25-11-12-26-24-10-9-22-17-23(36-19-28(33)32-18-29(34)35)13-15-30(22,4)27(24)14-16-31(25,26)5;7-5-3-1-2-4-6(5)8;/h9,20-21,23-27H,6-8,10-19H2,1-5H3,(H,32,33)(H,34,35);5-8H,1-4H2;/q;-2;/p+1/t21-,23+,24+,25-,26+,27+,30+,31-;;/m1../s1. The van der Waals surface area contributed by atoms with E-state index in [-0.39, 0.29) is 58.3 Å². The predicted octanol–water partition coefficient (Wildman–Crippen LogP) is 8.99. The van der Waals surface area contributed by atoms with E-state index in [9.17, 15) is 9.59 Å². The third-order valence-electron chi connectivity index (χ3n) is 12.9. The molecule has 10 atom stereocenters. The van der Waals surface area contributed by atoms with Gasteiger partial charge < -0.3 is 21.3 Å². The molecule has 8 heteroatoms. The molecule has 0 bridgehead atoms. The van der Waals surface area contributed by atoms with Crippen molar-refractivity contribution in [3.05, 3.63) is 23.1 Å². The van der Waals surface area contributed by atoms with Crippen LogP contribution in [0.15, 0.2) is 11.6 Å². The van der Waals surface area contributed by atoms with Crippen LogP contribution in [0, 0.1) is 46.3 Å². The topological polar surface area (TPSA) is 128 Å². The number of fused-ring (bicyclic) bond motifs is 5. The van der Waals surface area contributed by atoms with E-state index in [1.54, 1.807) is 5.57 Å². The molecule has 2 unspecified atom stereocenters. The van der Waals surface area contributed by atoms with E-state index in [1.807, 2.05) is 0 Å². The molecule has 0 heterocycles. The number of aliphatic carboxylic acids is 1. The van der Waals surface area contributed by atoms with Crippen LogP contribution in [-0.4, -0.2) is 53.1 Å². The normalized spacial score (nSPS) is 37.9. The summed E-state index contributed by atoms with van der Waals surface area (Å²) in [5, 5.41) is 11.3. The van der Waals surface area contributed by atoms with Crippen LogP contribution in [0.5, 0.6) is 0 Å². The third kappa shape index (κ3) is 9.45. The minimum atomic E-state index is -0.991. The van der Waals surface area contributed by atoms with Crippen molar-refractivity contribution in [1.29, 1.82) is 0 Å². The van der Waals surface area contributed by atoms with E-state index in [2.05, 4.69) is 46.0 Å². The monoisotopic (exact) mass is 809 g/mol. The van der Waals surface area contributed by atoms with Crippen LogP contribution in [0.25, 0.3) is 11.5 Å². The molecule has 4 fully saturated rings. The first-order chi connectivity index (χ1) is 20.8. The molecule has 5 N–H and O–H groups in total. The molecule has 262 valence electrons. The van der Waals surface area contributed by atoms with Crippen LogP contribution in [0.4, 0.5) is 0 Å². The van der Waals surface area contributed by atoms with Crippen molar-refractivity contribution in [3.63, 3.8) is 0 Å². The first-order valence-electron chi connectivity index (χ1n) is 18.1. The molecule has 7 nitrogen and oxygen atoms in total. The van der Waals surface area contributed by atoms with Gasteiger partial charge in [-0.2, -0.15) is 12.1 Å². The quantitative estimate of drug-likeness (QED) is 0.169. The van der Waals surface area contributed by atoms with Crippen LogP contribution in [0.2, 0.25) is 0 Å². The number of rotatable bonds is 10. The second-order valence-electron chi connectivity index (χ2n) is 16.2. The zero-order valence-corrected chi connectivity index (χ0v) is 31.1. The fraction of sp³-hybridized carbons (Fsp3) is 0.892. The summed E-state index contributed by atoms with van der Waals surface area (Å²) < 4.78 is 6.00. The number of carboxylic acid groups (broad SMARTS) is 1. The molecule has 0 aromatic carbocycles. The Bertz CT molecular complexity index is 996. The number of nitrogens with one attached hydrogen (secondary N) is 3. The Balaban J connectivity index is 0.000000535. The number of hydrogen-bond acceptors (Lipinski definition) is 2. The molecule has 4 saturated carbocycles. The van der Waals surface area contributed by atoms with E-state index in [0.29, 0.717) is 10.8 Å². The number of allylic oxidation sites excluding steroid dienone is 1. The molecular formula is C37H64N3O4Pt-. The molecule has 1 amide bonds. The zero-order valence-electron chi connectivity index (χ0n) is 28.8. The number of carboxylic acids is 1. The predicted molar refractivity (Wildman–Crippen MR) is 180 cm³/mol. The van der Waals surface area contributed by atoms with Crippen LogP contribution in [-0.2, 0) is 30.6 Å². The van der Waals surface area contributed by atoms with Gasteiger partial charge in [-0.05, 0) is 97.7 Å². The van der Waals surface area contributed by atoms with Gasteiger partial charge >= 0.3 is 11.9 Å². The molecule has 0 radical (unpaired) electrons. The maximum atomic E-state index is 10.7. The second-order valence-corrected chi connectivity index (χ2v) is 16.2. The van der Waals surface area contributed by atoms with Crippen molar-refractivity contribution in [2.75, 3.05) is 13.2 Å². The van der Waals surface area contributed by atoms with E-state index < -0.39 is 5.97 Å². The Morgan fingerprint density at radius 3 is 2.33 bits per heavy atom. The molecule has 0 saturated heterocycles. The van der Waals surface area contributed by atoms with Crippen LogP contribution in [0.1, 0.15) is 131 Å². The van der Waals surface area contributed by atoms with Crippen molar-refractivity contribution in [2.45, 2.75) is 149 Å². The van der Waals surface area contributed by atoms with Crippen molar-refractivity contribution in [3.8, 4) is 0 Å². The maximum absolute atomic E-state index is 10.7. The van der Waals surface area contributed by atoms with Gasteiger partial charge in [-0.25, -0.2) is 0 Å². The molecular weight excluding hydrogens is 746 g/mol. The number of hydrogen-bond donors (Lipinski definition) is 2. The van der Waals surface area contributed by atoms with Crippen molar-refractivity contribution in [1.82, 2.24) is 5.32 Å². The van der Waals surface area contributed by atoms with Crippen LogP contribution in [0.3, 0.4) is 0 Å². The molecule has 45 heavy (non-hydrogen) atoms. The van der Waals surface area contributed by atoms with Gasteiger partial charge in [0.05, 0.1) is 6.10 Å². The Hall–Kier alpha value is -0.752. The van der Waals surface area contributed by atoms with Gasteiger partial charge in [0.2, 0.25) is 0 Å². The summed E-state index contributed by atoms with van der Waals surface area (Å²) in [7, 11) is 0. The smallest absolute Gasteiger partial charge is 0.415 e. The van der Waals surface area contributed by atoms with Crippen molar-refractivity contribution in [2.24, 2.45) is 46.3 Å². The first-order valence-corrected chi connectivity index (χ1v) is 18.1. The summed E-state index contributed by atoms with van der Waals surface area (Å²) in [6.45, 7) is 12.2. The molecule has 5 rings (SSSR count). The molecule has 0 aromatic rings. The Labute approximate surface area is 288 Å². The molecule has 5 aliphatic rings. The largest absolute Gasteiger partial charge is 0.676 e. The summed E-state index contributed by atoms with van der Waals surface area (Å²) in [6.07, 6.45) is 21.1. The van der Waals surface area contributed by atoms with Crippen molar-refractivity contribution < 1.29 is 40.5 Å². The molecule has 0 aromatic heterocycles. The minimum absolute atomic E-state index is 0. The first kappa shape index (κ1) is 38.7. The van der Waals surface area contributed by atoms with Crippen LogP contribution >= 0.6 is 0 Å². The fourth-order valence-corrected chi connectivity index (χ4v) is 10.4. The molecule has 5 aliphatic carbocycles. The van der Waals surface area contributed by atoms with Crippen LogP contribution < -0.4 is 5.32 Å². The van der Waals surface area contributed by atoms with Gasteiger partial charge in [-0.15, -0.1) is 0 Å². The minimum Gasteiger partial charge on any atom is -0.676 e. The molecule has 0 aliphatic heterocycles. The zero-order chi connectivity index (χ0) is 32.1. The van der Waals surface area contributed by atoms with Crippen molar-refractivity contribution >= 4 is 11.9 Å². The number of amides is 1. The maximum Gasteiger partial charge on any atom is 0.415 e. The van der Waals surface area contributed by atoms with Gasteiger partial charge in [0.25, 0.3) is 0 Å². The van der Waals surface area contributed by atoms with E-state index in [0.717, 1.165) is 67.6 Å². The number of carbonyl (C=O) groups is 1. The Morgan fingerprint density at radius 2 is 1.71 bits per heavy atom. The Morgan fingerprint density at radius 1 is 1.02 bits per heavy atom. The average molecular weight is 810 g/mol. The SMILES string of the molecule is CC(C)CCC[C@@H](C)[C@H]1CC[C@H]2[C@@H]3CC=C4C[C@@H](OCC(=[OH+])NCC(=O)O)CC[C@]4(C)[C@H]3CC[C@]12C.[NH-]C1CCCCC1[NH-].[Pt]. The summed E-state index contributed by atoms with van der Waals surface area (Å²) in [5.74, 6) is 4.00. The van der Waals surface area contributed by atoms with E-state index >= 15 is 0 Å². The molecule has 0 spiro atoms. The number of ether oxygens (including phenoxy) is 1. The summed E-state index contributed by atoms with van der Waals surface area (Å²) in [6, 6.07) is -0.160. The van der Waals surface area contributed by atoms with Gasteiger partial charge in [-0.3, -0.25) is 14.9 Å². The summed E-state index contributed by atoms with van der Waals surface area (Å²) in [5.41, 5.74) is 17.0.